The summed E-state index contributed by atoms with van der Waals surface area (Å²) in [5.74, 6) is -0.701. The summed E-state index contributed by atoms with van der Waals surface area (Å²) in [5, 5.41) is 2.87. The summed E-state index contributed by atoms with van der Waals surface area (Å²) in [6, 6.07) is 13.0. The lowest BCUT2D eigenvalue weighted by Gasteiger charge is -2.14. The Morgan fingerprint density at radius 3 is 2.39 bits per heavy atom. The Hall–Kier alpha value is -2.67. The molecule has 0 unspecified atom stereocenters. The molecule has 3 rings (SSSR count). The van der Waals surface area contributed by atoms with Crippen LogP contribution in [-0.4, -0.2) is 43.3 Å². The van der Waals surface area contributed by atoms with Gasteiger partial charge in [-0.25, -0.2) is 0 Å². The molecule has 1 N–H and O–H groups in total. The standard InChI is InChI=1S/C21H22BrN3O3/c1-24(2)16-8-5-14(6-9-16)13-23-19(26)4-3-11-25-20(27)17-10-7-15(22)12-18(17)21(25)28/h5-10,12H,3-4,11,13H2,1-2H3,(H,23,26). The minimum absolute atomic E-state index is 0.101. The van der Waals surface area contributed by atoms with Crippen molar-refractivity contribution in [3.05, 3.63) is 63.6 Å². The quantitative estimate of drug-likeness (QED) is 0.666. The average Bonchev–Trinajstić information content (AvgIpc) is 2.91. The van der Waals surface area contributed by atoms with Crippen LogP contribution in [0.3, 0.4) is 0 Å². The van der Waals surface area contributed by atoms with E-state index in [0.717, 1.165) is 15.7 Å². The van der Waals surface area contributed by atoms with Gasteiger partial charge in [0.25, 0.3) is 11.8 Å². The van der Waals surface area contributed by atoms with E-state index < -0.39 is 0 Å². The molecule has 146 valence electrons. The van der Waals surface area contributed by atoms with Crippen molar-refractivity contribution in [2.75, 3.05) is 25.5 Å². The van der Waals surface area contributed by atoms with Crippen LogP contribution >= 0.6 is 15.9 Å². The molecule has 2 aromatic carbocycles. The summed E-state index contributed by atoms with van der Waals surface area (Å²) >= 11 is 3.31. The zero-order valence-corrected chi connectivity index (χ0v) is 17.5. The number of fused-ring (bicyclic) bond motifs is 1. The lowest BCUT2D eigenvalue weighted by atomic mass is 10.1. The molecule has 1 aliphatic rings. The molecular weight excluding hydrogens is 422 g/mol. The fraction of sp³-hybridized carbons (Fsp3) is 0.286. The van der Waals surface area contributed by atoms with Crippen LogP contribution in [0.25, 0.3) is 0 Å². The van der Waals surface area contributed by atoms with E-state index in [2.05, 4.69) is 21.2 Å². The highest BCUT2D eigenvalue weighted by Gasteiger charge is 2.35. The van der Waals surface area contributed by atoms with Crippen molar-refractivity contribution in [1.82, 2.24) is 10.2 Å². The number of anilines is 1. The molecule has 0 bridgehead atoms. The monoisotopic (exact) mass is 443 g/mol. The van der Waals surface area contributed by atoms with Gasteiger partial charge in [0.1, 0.15) is 0 Å². The minimum atomic E-state index is -0.303. The molecule has 2 aromatic rings. The Morgan fingerprint density at radius 2 is 1.71 bits per heavy atom. The van der Waals surface area contributed by atoms with Crippen LogP contribution in [-0.2, 0) is 11.3 Å². The van der Waals surface area contributed by atoms with Crippen molar-refractivity contribution in [3.63, 3.8) is 0 Å². The fourth-order valence-corrected chi connectivity index (χ4v) is 3.43. The normalized spacial score (nSPS) is 12.9. The molecule has 0 fully saturated rings. The van der Waals surface area contributed by atoms with E-state index in [4.69, 9.17) is 0 Å². The number of carbonyl (C=O) groups is 3. The van der Waals surface area contributed by atoms with Crippen molar-refractivity contribution < 1.29 is 14.4 Å². The van der Waals surface area contributed by atoms with Gasteiger partial charge in [-0.3, -0.25) is 19.3 Å². The van der Waals surface area contributed by atoms with Crippen LogP contribution in [0.1, 0.15) is 39.1 Å². The number of nitrogens with one attached hydrogen (secondary N) is 1. The molecule has 28 heavy (non-hydrogen) atoms. The summed E-state index contributed by atoms with van der Waals surface area (Å²) in [6.07, 6.45) is 0.685. The van der Waals surface area contributed by atoms with Crippen LogP contribution in [0.2, 0.25) is 0 Å². The van der Waals surface area contributed by atoms with E-state index in [1.807, 2.05) is 43.3 Å². The van der Waals surface area contributed by atoms with Crippen LogP contribution < -0.4 is 10.2 Å². The van der Waals surface area contributed by atoms with Crippen molar-refractivity contribution in [2.24, 2.45) is 0 Å². The molecule has 1 heterocycles. The van der Waals surface area contributed by atoms with E-state index in [9.17, 15) is 14.4 Å². The summed E-state index contributed by atoms with van der Waals surface area (Å²) < 4.78 is 0.757. The van der Waals surface area contributed by atoms with Crippen LogP contribution in [0.15, 0.2) is 46.9 Å². The molecular formula is C21H22BrN3O3. The Morgan fingerprint density at radius 1 is 1.04 bits per heavy atom. The number of nitrogens with zero attached hydrogens (tertiary/aromatic N) is 2. The second-order valence-corrected chi connectivity index (χ2v) is 7.81. The van der Waals surface area contributed by atoms with Crippen LogP contribution in [0.5, 0.6) is 0 Å². The highest BCUT2D eigenvalue weighted by molar-refractivity contribution is 9.10. The molecule has 0 aliphatic carbocycles. The van der Waals surface area contributed by atoms with E-state index >= 15 is 0 Å². The second kappa shape index (κ2) is 8.56. The van der Waals surface area contributed by atoms with Gasteiger partial charge >= 0.3 is 0 Å². The number of imide groups is 1. The average molecular weight is 444 g/mol. The maximum Gasteiger partial charge on any atom is 0.261 e. The highest BCUT2D eigenvalue weighted by Crippen LogP contribution is 2.26. The van der Waals surface area contributed by atoms with Crippen molar-refractivity contribution >= 4 is 39.3 Å². The zero-order chi connectivity index (χ0) is 20.3. The SMILES string of the molecule is CN(C)c1ccc(CNC(=O)CCCN2C(=O)c3ccc(Br)cc3C2=O)cc1. The van der Waals surface area contributed by atoms with Gasteiger partial charge in [0, 0.05) is 43.8 Å². The number of carbonyl (C=O) groups excluding carboxylic acids is 3. The molecule has 7 heteroatoms. The molecule has 0 saturated heterocycles. The van der Waals surface area contributed by atoms with Crippen molar-refractivity contribution in [3.8, 4) is 0 Å². The van der Waals surface area contributed by atoms with E-state index in [1.165, 1.54) is 4.90 Å². The molecule has 3 amide bonds. The lowest BCUT2D eigenvalue weighted by molar-refractivity contribution is -0.121. The van der Waals surface area contributed by atoms with Gasteiger partial charge < -0.3 is 10.2 Å². The van der Waals surface area contributed by atoms with Crippen molar-refractivity contribution in [1.29, 1.82) is 0 Å². The van der Waals surface area contributed by atoms with Crippen molar-refractivity contribution in [2.45, 2.75) is 19.4 Å². The summed E-state index contributed by atoms with van der Waals surface area (Å²) in [5.41, 5.74) is 2.94. The number of halogens is 1. The number of benzene rings is 2. The molecule has 0 atom stereocenters. The topological polar surface area (TPSA) is 69.7 Å². The van der Waals surface area contributed by atoms with Gasteiger partial charge in [0.05, 0.1) is 11.1 Å². The predicted molar refractivity (Wildman–Crippen MR) is 111 cm³/mol. The fourth-order valence-electron chi connectivity index (χ4n) is 3.06. The van der Waals surface area contributed by atoms with Crippen LogP contribution in [0, 0.1) is 0 Å². The third-order valence-electron chi connectivity index (χ3n) is 4.66. The largest absolute Gasteiger partial charge is 0.378 e. The Kier molecular flexibility index (Phi) is 6.14. The third-order valence-corrected chi connectivity index (χ3v) is 5.15. The van der Waals surface area contributed by atoms with Gasteiger partial charge in [-0.1, -0.05) is 28.1 Å². The zero-order valence-electron chi connectivity index (χ0n) is 15.9. The van der Waals surface area contributed by atoms with Crippen LogP contribution in [0.4, 0.5) is 5.69 Å². The second-order valence-electron chi connectivity index (χ2n) is 6.89. The Balaban J connectivity index is 1.45. The van der Waals surface area contributed by atoms with Gasteiger partial charge in [0.15, 0.2) is 0 Å². The number of amides is 3. The smallest absolute Gasteiger partial charge is 0.261 e. The Labute approximate surface area is 172 Å². The first kappa shape index (κ1) is 20.1. The maximum atomic E-state index is 12.4. The number of hydrogen-bond donors (Lipinski definition) is 1. The molecule has 6 nitrogen and oxygen atoms in total. The number of hydrogen-bond acceptors (Lipinski definition) is 4. The molecule has 1 aliphatic heterocycles. The van der Waals surface area contributed by atoms with Gasteiger partial charge in [0.2, 0.25) is 5.91 Å². The summed E-state index contributed by atoms with van der Waals surface area (Å²) in [6.45, 7) is 0.683. The first-order valence-electron chi connectivity index (χ1n) is 9.05. The lowest BCUT2D eigenvalue weighted by Crippen LogP contribution is -2.32. The van der Waals surface area contributed by atoms with Gasteiger partial charge in [-0.05, 0) is 42.3 Å². The number of rotatable bonds is 7. The first-order valence-corrected chi connectivity index (χ1v) is 9.85. The minimum Gasteiger partial charge on any atom is -0.378 e. The van der Waals surface area contributed by atoms with E-state index in [-0.39, 0.29) is 30.7 Å². The maximum absolute atomic E-state index is 12.4. The summed E-state index contributed by atoms with van der Waals surface area (Å²) in [7, 11) is 3.95. The van der Waals surface area contributed by atoms with E-state index in [0.29, 0.717) is 24.1 Å². The van der Waals surface area contributed by atoms with E-state index in [1.54, 1.807) is 18.2 Å². The molecule has 0 saturated carbocycles. The highest BCUT2D eigenvalue weighted by atomic mass is 79.9. The molecule has 0 radical (unpaired) electrons. The molecule has 0 aromatic heterocycles. The predicted octanol–water partition coefficient (Wildman–Crippen LogP) is 3.21. The van der Waals surface area contributed by atoms with Gasteiger partial charge in [-0.2, -0.15) is 0 Å². The Bertz CT molecular complexity index is 910. The third kappa shape index (κ3) is 4.42. The van der Waals surface area contributed by atoms with Gasteiger partial charge in [-0.15, -0.1) is 0 Å². The molecule has 0 spiro atoms. The summed E-state index contributed by atoms with van der Waals surface area (Å²) in [4.78, 5) is 40.1. The first-order chi connectivity index (χ1) is 13.4.